The third-order valence-electron chi connectivity index (χ3n) is 12.7. The molecule has 22 heteroatoms. The summed E-state index contributed by atoms with van der Waals surface area (Å²) < 4.78 is 118. The molecule has 0 rings (SSSR count). The molecule has 22 nitrogen and oxygen atoms in total. The van der Waals surface area contributed by atoms with E-state index in [1.165, 1.54) is 0 Å². The molecular weight excluding hydrogens is 1140 g/mol. The van der Waals surface area contributed by atoms with Crippen LogP contribution < -0.4 is 0 Å². The molecule has 0 saturated heterocycles. The van der Waals surface area contributed by atoms with E-state index in [2.05, 4.69) is 0 Å². The lowest BCUT2D eigenvalue weighted by atomic mass is 10.1. The van der Waals surface area contributed by atoms with Gasteiger partial charge in [0.05, 0.1) is 12.5 Å². The molecule has 1 unspecified atom stereocenters. The van der Waals surface area contributed by atoms with E-state index in [1.54, 1.807) is 7.11 Å². The maximum Gasteiger partial charge on any atom is 0.308 e. The Kier molecular flexibility index (Phi) is 80.5. The van der Waals surface area contributed by atoms with Crippen molar-refractivity contribution in [3.63, 3.8) is 0 Å². The molecule has 0 aromatic carbocycles. The normalized spacial score (nSPS) is 12.1. The summed E-state index contributed by atoms with van der Waals surface area (Å²) in [5, 5.41) is 0. The van der Waals surface area contributed by atoms with Gasteiger partial charge in [0.25, 0.3) is 0 Å². The summed E-state index contributed by atoms with van der Waals surface area (Å²) in [6.07, 6.45) is 18.4. The maximum atomic E-state index is 11.6. The van der Waals surface area contributed by atoms with Crippen molar-refractivity contribution in [2.45, 2.75) is 149 Å². The highest BCUT2D eigenvalue weighted by atomic mass is 16.6. The molecule has 0 aliphatic carbocycles. The second kappa shape index (κ2) is 81.8. The SMILES string of the molecule is CCC(C)C(=O)OCCCOCCCOCCCOCCCOCCCOCCCOCCCOCCCOCCCOCCCOCCCOCCCOCCCOCCCOCCCOCCCOCCCOCCCOCCCOCCCOC. The lowest BCUT2D eigenvalue weighted by molar-refractivity contribution is -0.148. The summed E-state index contributed by atoms with van der Waals surface area (Å²) in [6, 6.07) is 0. The third-order valence-corrected chi connectivity index (χ3v) is 12.7. The summed E-state index contributed by atoms with van der Waals surface area (Å²) in [4.78, 5) is 11.6. The maximum absolute atomic E-state index is 11.6. The van der Waals surface area contributed by atoms with Gasteiger partial charge in [0.2, 0.25) is 0 Å². The molecule has 88 heavy (non-hydrogen) atoms. The first kappa shape index (κ1) is 86.7. The topological polar surface area (TPSA) is 211 Å². The molecule has 528 valence electrons. The summed E-state index contributed by atoms with van der Waals surface area (Å²) in [5.41, 5.74) is 0. The lowest BCUT2D eigenvalue weighted by Crippen LogP contribution is -2.15. The summed E-state index contributed by atoms with van der Waals surface area (Å²) in [5.74, 6) is -0.166. The standard InChI is InChI=1S/C66H132O22/c1-4-65(2)66(67)88-64-24-63-87-62-23-61-86-60-22-59-85-58-21-57-84-56-20-55-83-54-19-53-82-52-18-51-81-50-17-49-80-48-16-47-79-46-15-45-78-44-14-43-77-42-13-41-76-40-12-39-75-38-11-37-74-36-10-35-73-34-9-33-72-32-8-31-71-30-7-29-70-28-6-27-69-26-5-25-68-3/h65H,4-64H2,1-3H3. The fraction of sp³-hybridized carbons (Fsp3) is 0.985. The average Bonchev–Trinajstić information content (AvgIpc) is 3.54. The molecule has 0 saturated carbocycles. The fourth-order valence-corrected chi connectivity index (χ4v) is 7.62. The van der Waals surface area contributed by atoms with E-state index in [9.17, 15) is 4.79 Å². The molecule has 0 aromatic heterocycles. The Morgan fingerprint density at radius 1 is 0.205 bits per heavy atom. The van der Waals surface area contributed by atoms with E-state index >= 15 is 0 Å². The Balaban J connectivity index is 3.10. The number of esters is 1. The van der Waals surface area contributed by atoms with Gasteiger partial charge in [0.15, 0.2) is 0 Å². The number of hydrogen-bond donors (Lipinski definition) is 0. The van der Waals surface area contributed by atoms with E-state index in [1.807, 2.05) is 13.8 Å². The summed E-state index contributed by atoms with van der Waals surface area (Å²) >= 11 is 0. The molecule has 0 aliphatic heterocycles. The number of methoxy groups -OCH3 is 1. The number of carbonyl (C=O) groups is 1. The van der Waals surface area contributed by atoms with Crippen LogP contribution >= 0.6 is 0 Å². The van der Waals surface area contributed by atoms with Crippen LogP contribution in [-0.2, 0) is 104 Å². The average molecular weight is 1280 g/mol. The molecule has 0 bridgehead atoms. The van der Waals surface area contributed by atoms with Gasteiger partial charge in [-0.25, -0.2) is 0 Å². The Morgan fingerprint density at radius 3 is 0.432 bits per heavy atom. The van der Waals surface area contributed by atoms with Gasteiger partial charge in [-0.05, 0) is 128 Å². The number of hydrogen-bond acceptors (Lipinski definition) is 22. The third kappa shape index (κ3) is 78.9. The molecule has 0 heterocycles. The quantitative estimate of drug-likeness (QED) is 0.0410. The van der Waals surface area contributed by atoms with Gasteiger partial charge >= 0.3 is 5.97 Å². The summed E-state index contributed by atoms with van der Waals surface area (Å²) in [6.45, 7) is 31.5. The number of rotatable bonds is 82. The Bertz CT molecular complexity index is 1250. The van der Waals surface area contributed by atoms with Gasteiger partial charge in [-0.1, -0.05) is 13.8 Å². The first-order valence-electron chi connectivity index (χ1n) is 34.3. The van der Waals surface area contributed by atoms with E-state index in [0.717, 1.165) is 168 Å². The smallest absolute Gasteiger partial charge is 0.308 e. The molecule has 0 aliphatic rings. The van der Waals surface area contributed by atoms with Crippen molar-refractivity contribution in [2.75, 3.05) is 271 Å². The monoisotopic (exact) mass is 1280 g/mol. The highest BCUT2D eigenvalue weighted by Gasteiger charge is 2.11. The number of ether oxygens (including phenoxy) is 21. The number of carbonyl (C=O) groups excluding carboxylic acids is 1. The van der Waals surface area contributed by atoms with Crippen LogP contribution in [0.2, 0.25) is 0 Å². The Labute approximate surface area is 534 Å². The van der Waals surface area contributed by atoms with Crippen LogP contribution in [0.3, 0.4) is 0 Å². The highest BCUT2D eigenvalue weighted by Crippen LogP contribution is 2.04. The van der Waals surface area contributed by atoms with Gasteiger partial charge in [0.1, 0.15) is 0 Å². The van der Waals surface area contributed by atoms with Crippen molar-refractivity contribution in [2.24, 2.45) is 5.92 Å². The van der Waals surface area contributed by atoms with Gasteiger partial charge in [-0.3, -0.25) is 4.79 Å². The molecule has 0 spiro atoms. The minimum atomic E-state index is -0.128. The molecule has 0 amide bonds. The van der Waals surface area contributed by atoms with Crippen LogP contribution in [0.25, 0.3) is 0 Å². The van der Waals surface area contributed by atoms with Gasteiger partial charge in [-0.2, -0.15) is 0 Å². The van der Waals surface area contributed by atoms with Gasteiger partial charge in [0, 0.05) is 271 Å². The van der Waals surface area contributed by atoms with Crippen LogP contribution in [0, 0.1) is 5.92 Å². The second-order valence-electron chi connectivity index (χ2n) is 21.2. The van der Waals surface area contributed by atoms with Crippen LogP contribution in [0.15, 0.2) is 0 Å². The molecule has 0 aromatic rings. The molecule has 0 fully saturated rings. The molecule has 0 N–H and O–H groups in total. The van der Waals surface area contributed by atoms with E-state index < -0.39 is 0 Å². The predicted molar refractivity (Wildman–Crippen MR) is 340 cm³/mol. The zero-order chi connectivity index (χ0) is 63.1. The van der Waals surface area contributed by atoms with Crippen molar-refractivity contribution in [3.05, 3.63) is 0 Å². The predicted octanol–water partition coefficient (Wildman–Crippen LogP) is 9.34. The van der Waals surface area contributed by atoms with Gasteiger partial charge in [-0.15, -0.1) is 0 Å². The van der Waals surface area contributed by atoms with Crippen molar-refractivity contribution < 1.29 is 104 Å². The largest absolute Gasteiger partial charge is 0.465 e. The molecule has 0 radical (unpaired) electrons. The van der Waals surface area contributed by atoms with Gasteiger partial charge < -0.3 is 99.5 Å². The minimum absolute atomic E-state index is 0.0378. The van der Waals surface area contributed by atoms with Crippen molar-refractivity contribution in [3.8, 4) is 0 Å². The first-order chi connectivity index (χ1) is 43.7. The zero-order valence-corrected chi connectivity index (χ0v) is 56.2. The molecular formula is C66H132O22. The first-order valence-corrected chi connectivity index (χ1v) is 34.3. The minimum Gasteiger partial charge on any atom is -0.465 e. The fourth-order valence-electron chi connectivity index (χ4n) is 7.62. The van der Waals surface area contributed by atoms with Crippen molar-refractivity contribution >= 4 is 5.97 Å². The van der Waals surface area contributed by atoms with Crippen LogP contribution in [0.4, 0.5) is 0 Å². The van der Waals surface area contributed by atoms with Crippen LogP contribution in [0.1, 0.15) is 149 Å². The van der Waals surface area contributed by atoms with E-state index in [0.29, 0.717) is 231 Å². The van der Waals surface area contributed by atoms with Crippen molar-refractivity contribution in [1.82, 2.24) is 0 Å². The molecule has 1 atom stereocenters. The van der Waals surface area contributed by atoms with Crippen LogP contribution in [-0.4, -0.2) is 277 Å². The van der Waals surface area contributed by atoms with Crippen molar-refractivity contribution in [1.29, 1.82) is 0 Å². The van der Waals surface area contributed by atoms with Crippen LogP contribution in [0.5, 0.6) is 0 Å². The Hall–Kier alpha value is -1.33. The Morgan fingerprint density at radius 2 is 0.318 bits per heavy atom. The highest BCUT2D eigenvalue weighted by molar-refractivity contribution is 5.71. The zero-order valence-electron chi connectivity index (χ0n) is 56.2. The van der Waals surface area contributed by atoms with E-state index in [-0.39, 0.29) is 11.9 Å². The lowest BCUT2D eigenvalue weighted by Gasteiger charge is -2.09. The summed E-state index contributed by atoms with van der Waals surface area (Å²) in [7, 11) is 1.71. The second-order valence-corrected chi connectivity index (χ2v) is 21.2. The van der Waals surface area contributed by atoms with E-state index in [4.69, 9.17) is 99.5 Å².